The SMILES string of the molecule is CCCC(C)CCCC(C)CN. The summed E-state index contributed by atoms with van der Waals surface area (Å²) in [6.07, 6.45) is 6.77. The summed E-state index contributed by atoms with van der Waals surface area (Å²) in [5, 5.41) is 0. The summed E-state index contributed by atoms with van der Waals surface area (Å²) in [7, 11) is 0. The van der Waals surface area contributed by atoms with Gasteiger partial charge in [-0.2, -0.15) is 0 Å². The molecule has 0 rings (SSSR count). The summed E-state index contributed by atoms with van der Waals surface area (Å²) in [4.78, 5) is 0. The monoisotopic (exact) mass is 171 g/mol. The molecule has 0 aromatic heterocycles. The first kappa shape index (κ1) is 12.0. The smallest absolute Gasteiger partial charge is 0.00515 e. The van der Waals surface area contributed by atoms with Crippen molar-refractivity contribution in [2.24, 2.45) is 17.6 Å². The Labute approximate surface area is 77.7 Å². The van der Waals surface area contributed by atoms with E-state index in [1.807, 2.05) is 0 Å². The molecule has 2 N–H and O–H groups in total. The highest BCUT2D eigenvalue weighted by Gasteiger charge is 2.02. The molecule has 1 heteroatoms. The Bertz CT molecular complexity index is 91.0. The Morgan fingerprint density at radius 1 is 1.00 bits per heavy atom. The standard InChI is InChI=1S/C11H25N/c1-4-6-10(2)7-5-8-11(3)9-12/h10-11H,4-9,12H2,1-3H3. The number of hydrogen-bond acceptors (Lipinski definition) is 1. The van der Waals surface area contributed by atoms with Crippen LogP contribution in [0.15, 0.2) is 0 Å². The van der Waals surface area contributed by atoms with Gasteiger partial charge in [0.15, 0.2) is 0 Å². The van der Waals surface area contributed by atoms with Crippen LogP contribution in [0.25, 0.3) is 0 Å². The third-order valence-corrected chi connectivity index (χ3v) is 2.58. The van der Waals surface area contributed by atoms with Gasteiger partial charge in [-0.1, -0.05) is 46.5 Å². The summed E-state index contributed by atoms with van der Waals surface area (Å²) < 4.78 is 0. The molecule has 0 saturated heterocycles. The van der Waals surface area contributed by atoms with Gasteiger partial charge in [0.1, 0.15) is 0 Å². The fourth-order valence-corrected chi connectivity index (χ4v) is 1.57. The van der Waals surface area contributed by atoms with Gasteiger partial charge in [0.05, 0.1) is 0 Å². The van der Waals surface area contributed by atoms with E-state index >= 15 is 0 Å². The fourth-order valence-electron chi connectivity index (χ4n) is 1.57. The van der Waals surface area contributed by atoms with E-state index in [4.69, 9.17) is 5.73 Å². The highest BCUT2D eigenvalue weighted by molar-refractivity contribution is 4.57. The molecule has 0 radical (unpaired) electrons. The molecule has 2 unspecified atom stereocenters. The number of hydrogen-bond donors (Lipinski definition) is 1. The van der Waals surface area contributed by atoms with Gasteiger partial charge in [0.2, 0.25) is 0 Å². The zero-order valence-corrected chi connectivity index (χ0v) is 8.97. The minimum atomic E-state index is 0.721. The van der Waals surface area contributed by atoms with E-state index in [1.54, 1.807) is 0 Å². The topological polar surface area (TPSA) is 26.0 Å². The van der Waals surface area contributed by atoms with Gasteiger partial charge in [0.25, 0.3) is 0 Å². The van der Waals surface area contributed by atoms with Gasteiger partial charge >= 0.3 is 0 Å². The molecular weight excluding hydrogens is 146 g/mol. The van der Waals surface area contributed by atoms with Crippen molar-refractivity contribution in [3.05, 3.63) is 0 Å². The highest BCUT2D eigenvalue weighted by atomic mass is 14.5. The van der Waals surface area contributed by atoms with Crippen LogP contribution >= 0.6 is 0 Å². The summed E-state index contributed by atoms with van der Waals surface area (Å²) in [6, 6.07) is 0. The minimum absolute atomic E-state index is 0.721. The lowest BCUT2D eigenvalue weighted by molar-refractivity contribution is 0.425. The van der Waals surface area contributed by atoms with Crippen LogP contribution in [0, 0.1) is 11.8 Å². The van der Waals surface area contributed by atoms with Crippen LogP contribution in [0.5, 0.6) is 0 Å². The molecule has 0 aliphatic heterocycles. The third kappa shape index (κ3) is 6.66. The zero-order valence-electron chi connectivity index (χ0n) is 8.97. The second kappa shape index (κ2) is 7.60. The molecule has 1 nitrogen and oxygen atoms in total. The van der Waals surface area contributed by atoms with E-state index in [0.717, 1.165) is 18.4 Å². The van der Waals surface area contributed by atoms with Crippen molar-refractivity contribution in [2.75, 3.05) is 6.54 Å². The van der Waals surface area contributed by atoms with Crippen LogP contribution in [0.1, 0.15) is 52.9 Å². The van der Waals surface area contributed by atoms with E-state index in [0.29, 0.717) is 0 Å². The van der Waals surface area contributed by atoms with Gasteiger partial charge in [-0.05, 0) is 24.8 Å². The maximum atomic E-state index is 5.55. The van der Waals surface area contributed by atoms with Crippen LogP contribution in [0.4, 0.5) is 0 Å². The zero-order chi connectivity index (χ0) is 9.40. The molecule has 0 fully saturated rings. The Balaban J connectivity index is 3.18. The highest BCUT2D eigenvalue weighted by Crippen LogP contribution is 2.15. The summed E-state index contributed by atoms with van der Waals surface area (Å²) in [5.74, 6) is 1.64. The van der Waals surface area contributed by atoms with Crippen LogP contribution in [-0.2, 0) is 0 Å². The molecule has 12 heavy (non-hydrogen) atoms. The molecule has 0 saturated carbocycles. The predicted molar refractivity (Wildman–Crippen MR) is 56.1 cm³/mol. The lowest BCUT2D eigenvalue weighted by atomic mass is 9.96. The first-order chi connectivity index (χ1) is 5.70. The Hall–Kier alpha value is -0.0400. The van der Waals surface area contributed by atoms with Crippen LogP contribution in [-0.4, -0.2) is 6.54 Å². The van der Waals surface area contributed by atoms with Crippen LogP contribution < -0.4 is 5.73 Å². The fraction of sp³-hybridized carbons (Fsp3) is 1.00. The number of rotatable bonds is 7. The molecule has 0 amide bonds. The Morgan fingerprint density at radius 3 is 2.08 bits per heavy atom. The van der Waals surface area contributed by atoms with E-state index < -0.39 is 0 Å². The van der Waals surface area contributed by atoms with E-state index in [9.17, 15) is 0 Å². The maximum Gasteiger partial charge on any atom is -0.00515 e. The second-order valence-corrected chi connectivity index (χ2v) is 4.17. The first-order valence-electron chi connectivity index (χ1n) is 5.40. The molecular formula is C11H25N. The van der Waals surface area contributed by atoms with E-state index in [-0.39, 0.29) is 0 Å². The van der Waals surface area contributed by atoms with Gasteiger partial charge in [-0.3, -0.25) is 0 Å². The maximum absolute atomic E-state index is 5.55. The van der Waals surface area contributed by atoms with E-state index in [1.165, 1.54) is 32.1 Å². The third-order valence-electron chi connectivity index (χ3n) is 2.58. The minimum Gasteiger partial charge on any atom is -0.330 e. The Morgan fingerprint density at radius 2 is 1.58 bits per heavy atom. The van der Waals surface area contributed by atoms with E-state index in [2.05, 4.69) is 20.8 Å². The quantitative estimate of drug-likeness (QED) is 0.625. The largest absolute Gasteiger partial charge is 0.330 e. The normalized spacial score (nSPS) is 16.0. The van der Waals surface area contributed by atoms with Gasteiger partial charge in [-0.25, -0.2) is 0 Å². The average molecular weight is 171 g/mol. The van der Waals surface area contributed by atoms with Crippen LogP contribution in [0.3, 0.4) is 0 Å². The molecule has 0 aliphatic carbocycles. The van der Waals surface area contributed by atoms with Crippen molar-refractivity contribution in [3.8, 4) is 0 Å². The molecule has 2 atom stereocenters. The summed E-state index contributed by atoms with van der Waals surface area (Å²) in [6.45, 7) is 7.71. The lowest BCUT2D eigenvalue weighted by Crippen LogP contribution is -2.10. The summed E-state index contributed by atoms with van der Waals surface area (Å²) >= 11 is 0. The van der Waals surface area contributed by atoms with Crippen molar-refractivity contribution in [1.29, 1.82) is 0 Å². The van der Waals surface area contributed by atoms with Gasteiger partial charge in [-0.15, -0.1) is 0 Å². The average Bonchev–Trinajstić information content (AvgIpc) is 2.04. The first-order valence-corrected chi connectivity index (χ1v) is 5.40. The van der Waals surface area contributed by atoms with Crippen molar-refractivity contribution in [2.45, 2.75) is 52.9 Å². The predicted octanol–water partition coefficient (Wildman–Crippen LogP) is 3.19. The molecule has 0 aromatic carbocycles. The molecule has 74 valence electrons. The van der Waals surface area contributed by atoms with Crippen molar-refractivity contribution >= 4 is 0 Å². The molecule has 0 aliphatic rings. The van der Waals surface area contributed by atoms with Gasteiger partial charge < -0.3 is 5.73 Å². The van der Waals surface area contributed by atoms with Crippen molar-refractivity contribution in [1.82, 2.24) is 0 Å². The lowest BCUT2D eigenvalue weighted by Gasteiger charge is -2.11. The Kier molecular flexibility index (Phi) is 7.58. The number of nitrogens with two attached hydrogens (primary N) is 1. The molecule has 0 heterocycles. The summed E-state index contributed by atoms with van der Waals surface area (Å²) in [5.41, 5.74) is 5.55. The molecule has 0 aromatic rings. The van der Waals surface area contributed by atoms with Gasteiger partial charge in [0, 0.05) is 0 Å². The van der Waals surface area contributed by atoms with Crippen molar-refractivity contribution < 1.29 is 0 Å². The molecule has 0 bridgehead atoms. The second-order valence-electron chi connectivity index (χ2n) is 4.17. The molecule has 0 spiro atoms. The van der Waals surface area contributed by atoms with Crippen LogP contribution in [0.2, 0.25) is 0 Å². The van der Waals surface area contributed by atoms with Crippen molar-refractivity contribution in [3.63, 3.8) is 0 Å².